The average molecular weight is 388 g/mol. The van der Waals surface area contributed by atoms with Gasteiger partial charge in [0.15, 0.2) is 0 Å². The van der Waals surface area contributed by atoms with Crippen molar-refractivity contribution < 1.29 is 9.53 Å². The van der Waals surface area contributed by atoms with Gasteiger partial charge in [0.2, 0.25) is 0 Å². The van der Waals surface area contributed by atoms with Crippen molar-refractivity contribution in [3.8, 4) is 5.75 Å². The molecule has 6 heteroatoms. The fraction of sp³-hybridized carbons (Fsp3) is 0.278. The van der Waals surface area contributed by atoms with E-state index < -0.39 is 0 Å². The molecular weight excluding hydrogens is 370 g/mol. The lowest BCUT2D eigenvalue weighted by Gasteiger charge is -2.18. The van der Waals surface area contributed by atoms with Gasteiger partial charge in [-0.3, -0.25) is 14.8 Å². The molecule has 124 valence electrons. The molecule has 0 radical (unpaired) electrons. The van der Waals surface area contributed by atoms with Crippen molar-refractivity contribution in [2.45, 2.75) is 12.8 Å². The summed E-state index contributed by atoms with van der Waals surface area (Å²) in [7, 11) is 1.66. The van der Waals surface area contributed by atoms with Gasteiger partial charge in [-0.25, -0.2) is 0 Å². The Morgan fingerprint density at radius 2 is 2.21 bits per heavy atom. The molecule has 3 rings (SSSR count). The molecule has 0 saturated carbocycles. The highest BCUT2D eigenvalue weighted by Crippen LogP contribution is 2.23. The number of amides is 1. The van der Waals surface area contributed by atoms with Crippen LogP contribution in [0.3, 0.4) is 0 Å². The summed E-state index contributed by atoms with van der Waals surface area (Å²) in [5.41, 5.74) is 3.96. The fourth-order valence-corrected chi connectivity index (χ4v) is 3.08. The van der Waals surface area contributed by atoms with Crippen molar-refractivity contribution in [1.29, 1.82) is 0 Å². The molecule has 0 fully saturated rings. The summed E-state index contributed by atoms with van der Waals surface area (Å²) in [6.07, 6.45) is 4.84. The van der Waals surface area contributed by atoms with Crippen LogP contribution in [0.15, 0.2) is 46.1 Å². The van der Waals surface area contributed by atoms with Crippen LogP contribution in [-0.4, -0.2) is 36.8 Å². The molecule has 0 aliphatic carbocycles. The normalized spacial score (nSPS) is 13.0. The van der Waals surface area contributed by atoms with Crippen molar-refractivity contribution in [2.24, 2.45) is 4.99 Å². The Labute approximate surface area is 149 Å². The Morgan fingerprint density at radius 3 is 3.00 bits per heavy atom. The van der Waals surface area contributed by atoms with E-state index in [1.54, 1.807) is 25.6 Å². The van der Waals surface area contributed by atoms with Crippen LogP contribution in [0.4, 0.5) is 0 Å². The van der Waals surface area contributed by atoms with Crippen LogP contribution in [0.1, 0.15) is 27.9 Å². The number of rotatable bonds is 5. The minimum absolute atomic E-state index is 0.133. The van der Waals surface area contributed by atoms with Crippen LogP contribution in [0.5, 0.6) is 5.75 Å². The molecule has 1 amide bonds. The zero-order chi connectivity index (χ0) is 16.9. The Bertz CT molecular complexity index is 790. The second-order valence-corrected chi connectivity index (χ2v) is 6.41. The lowest BCUT2D eigenvalue weighted by atomic mass is 9.95. The van der Waals surface area contributed by atoms with E-state index in [1.165, 1.54) is 5.56 Å². The highest BCUT2D eigenvalue weighted by atomic mass is 79.9. The topological polar surface area (TPSA) is 63.6 Å². The van der Waals surface area contributed by atoms with Crippen LogP contribution in [0.2, 0.25) is 0 Å². The number of carbonyl (C=O) groups is 1. The SMILES string of the molecule is COc1ccc2c(c1)C(CCNC(=O)c1cncc(Br)c1)=NCC2. The van der Waals surface area contributed by atoms with Crippen LogP contribution in [0, 0.1) is 0 Å². The Balaban J connectivity index is 1.63. The molecule has 2 heterocycles. The van der Waals surface area contributed by atoms with Crippen molar-refractivity contribution >= 4 is 27.5 Å². The van der Waals surface area contributed by atoms with Crippen molar-refractivity contribution in [3.63, 3.8) is 0 Å². The quantitative estimate of drug-likeness (QED) is 0.857. The lowest BCUT2D eigenvalue weighted by molar-refractivity contribution is 0.0954. The van der Waals surface area contributed by atoms with E-state index in [4.69, 9.17) is 4.74 Å². The van der Waals surface area contributed by atoms with Gasteiger partial charge in [-0.1, -0.05) is 6.07 Å². The lowest BCUT2D eigenvalue weighted by Crippen LogP contribution is -2.27. The molecule has 0 bridgehead atoms. The monoisotopic (exact) mass is 387 g/mol. The number of nitrogens with one attached hydrogen (secondary N) is 1. The predicted molar refractivity (Wildman–Crippen MR) is 97.0 cm³/mol. The number of halogens is 1. The molecule has 1 aliphatic rings. The van der Waals surface area contributed by atoms with Gasteiger partial charge < -0.3 is 10.1 Å². The van der Waals surface area contributed by atoms with E-state index in [0.29, 0.717) is 18.5 Å². The number of aliphatic imine (C=N–C) groups is 1. The van der Waals surface area contributed by atoms with E-state index in [2.05, 4.69) is 37.3 Å². The zero-order valence-corrected chi connectivity index (χ0v) is 15.0. The second-order valence-electron chi connectivity index (χ2n) is 5.50. The van der Waals surface area contributed by atoms with Crippen LogP contribution in [-0.2, 0) is 6.42 Å². The third-order valence-electron chi connectivity index (χ3n) is 3.93. The summed E-state index contributed by atoms with van der Waals surface area (Å²) in [6.45, 7) is 1.32. The van der Waals surface area contributed by atoms with Crippen LogP contribution >= 0.6 is 15.9 Å². The van der Waals surface area contributed by atoms with Gasteiger partial charge in [0, 0.05) is 47.7 Å². The molecule has 1 N–H and O–H groups in total. The maximum Gasteiger partial charge on any atom is 0.252 e. The van der Waals surface area contributed by atoms with Gasteiger partial charge in [0.25, 0.3) is 5.91 Å². The minimum Gasteiger partial charge on any atom is -0.497 e. The summed E-state index contributed by atoms with van der Waals surface area (Å²) in [6, 6.07) is 7.84. The number of carbonyl (C=O) groups excluding carboxylic acids is 1. The van der Waals surface area contributed by atoms with E-state index in [0.717, 1.165) is 34.5 Å². The zero-order valence-electron chi connectivity index (χ0n) is 13.4. The highest BCUT2D eigenvalue weighted by Gasteiger charge is 2.15. The molecule has 0 saturated heterocycles. The molecule has 0 atom stereocenters. The second kappa shape index (κ2) is 7.57. The van der Waals surface area contributed by atoms with Gasteiger partial charge in [-0.15, -0.1) is 0 Å². The number of pyridine rings is 1. The number of nitrogens with zero attached hydrogens (tertiary/aromatic N) is 2. The van der Waals surface area contributed by atoms with Gasteiger partial charge in [-0.2, -0.15) is 0 Å². The molecule has 1 aliphatic heterocycles. The largest absolute Gasteiger partial charge is 0.497 e. The maximum atomic E-state index is 12.2. The number of ether oxygens (including phenoxy) is 1. The Morgan fingerprint density at radius 1 is 1.33 bits per heavy atom. The first-order valence-corrected chi connectivity index (χ1v) is 8.56. The number of methoxy groups -OCH3 is 1. The molecule has 2 aromatic rings. The highest BCUT2D eigenvalue weighted by molar-refractivity contribution is 9.10. The number of hydrogen-bond donors (Lipinski definition) is 1. The molecular formula is C18H18BrN3O2. The summed E-state index contributed by atoms with van der Waals surface area (Å²) >= 11 is 3.32. The number of benzene rings is 1. The van der Waals surface area contributed by atoms with Crippen LogP contribution in [0.25, 0.3) is 0 Å². The minimum atomic E-state index is -0.133. The van der Waals surface area contributed by atoms with E-state index in [-0.39, 0.29) is 5.91 Å². The molecule has 5 nitrogen and oxygen atoms in total. The van der Waals surface area contributed by atoms with Gasteiger partial charge in [0.1, 0.15) is 5.75 Å². The van der Waals surface area contributed by atoms with Gasteiger partial charge >= 0.3 is 0 Å². The average Bonchev–Trinajstić information content (AvgIpc) is 2.61. The summed E-state index contributed by atoms with van der Waals surface area (Å²) < 4.78 is 6.09. The molecule has 24 heavy (non-hydrogen) atoms. The van der Waals surface area contributed by atoms with E-state index >= 15 is 0 Å². The predicted octanol–water partition coefficient (Wildman–Crippen LogP) is 3.02. The summed E-state index contributed by atoms with van der Waals surface area (Å²) in [4.78, 5) is 20.8. The van der Waals surface area contributed by atoms with Gasteiger partial charge in [0.05, 0.1) is 12.7 Å². The molecule has 0 unspecified atom stereocenters. The standard InChI is InChI=1S/C18H18BrN3O2/c1-24-15-3-2-12-4-6-21-17(16(12)9-15)5-7-22-18(23)13-8-14(19)11-20-10-13/h2-3,8-11H,4-7H2,1H3,(H,22,23). The number of aromatic nitrogens is 1. The smallest absolute Gasteiger partial charge is 0.252 e. The van der Waals surface area contributed by atoms with E-state index in [9.17, 15) is 4.79 Å². The van der Waals surface area contributed by atoms with Gasteiger partial charge in [-0.05, 0) is 46.1 Å². The fourth-order valence-electron chi connectivity index (χ4n) is 2.71. The first-order valence-electron chi connectivity index (χ1n) is 7.77. The number of fused-ring (bicyclic) bond motifs is 1. The maximum absolute atomic E-state index is 12.2. The first-order chi connectivity index (χ1) is 11.7. The van der Waals surface area contributed by atoms with E-state index in [1.807, 2.05) is 12.1 Å². The Hall–Kier alpha value is -2.21. The third kappa shape index (κ3) is 3.82. The van der Waals surface area contributed by atoms with Crippen LogP contribution < -0.4 is 10.1 Å². The first kappa shape index (κ1) is 16.6. The summed E-state index contributed by atoms with van der Waals surface area (Å²) in [5.74, 6) is 0.693. The third-order valence-corrected chi connectivity index (χ3v) is 4.36. The number of hydrogen-bond acceptors (Lipinski definition) is 4. The molecule has 0 spiro atoms. The van der Waals surface area contributed by atoms with Crippen molar-refractivity contribution in [1.82, 2.24) is 10.3 Å². The molecule has 1 aromatic carbocycles. The van der Waals surface area contributed by atoms with Crippen molar-refractivity contribution in [3.05, 3.63) is 57.8 Å². The van der Waals surface area contributed by atoms with Crippen molar-refractivity contribution in [2.75, 3.05) is 20.2 Å². The summed E-state index contributed by atoms with van der Waals surface area (Å²) in [5, 5.41) is 2.92. The molecule has 1 aromatic heterocycles. The Kier molecular flexibility index (Phi) is 5.25.